The lowest BCUT2D eigenvalue weighted by Gasteiger charge is -1.99. The van der Waals surface area contributed by atoms with Crippen LogP contribution in [-0.4, -0.2) is 16.3 Å². The molecule has 0 fully saturated rings. The van der Waals surface area contributed by atoms with E-state index in [4.69, 9.17) is 5.21 Å². The van der Waals surface area contributed by atoms with E-state index in [0.717, 1.165) is 0 Å². The largest absolute Gasteiger partial charge is 0.411 e. The molecule has 0 saturated carbocycles. The first kappa shape index (κ1) is 10.6. The van der Waals surface area contributed by atoms with Gasteiger partial charge in [-0.25, -0.2) is 0 Å². The van der Waals surface area contributed by atoms with Gasteiger partial charge >= 0.3 is 0 Å². The Labute approximate surface area is 88.3 Å². The molecule has 0 bridgehead atoms. The molecule has 5 nitrogen and oxygen atoms in total. The second-order valence-corrected chi connectivity index (χ2v) is 3.45. The third kappa shape index (κ3) is 2.53. The van der Waals surface area contributed by atoms with Crippen LogP contribution in [0.5, 0.6) is 0 Å². The van der Waals surface area contributed by atoms with Gasteiger partial charge in [0.2, 0.25) is 0 Å². The Morgan fingerprint density at radius 3 is 2.93 bits per heavy atom. The predicted octanol–water partition coefficient (Wildman–Crippen LogP) is 2.36. The molecule has 0 aliphatic rings. The first-order valence-electron chi connectivity index (χ1n) is 3.74. The van der Waals surface area contributed by atoms with Crippen molar-refractivity contribution in [3.63, 3.8) is 0 Å². The minimum atomic E-state index is -0.467. The van der Waals surface area contributed by atoms with Gasteiger partial charge in [-0.1, -0.05) is 22.0 Å². The Hall–Kier alpha value is -1.43. The maximum absolute atomic E-state index is 10.6. The molecule has 0 aliphatic carbocycles. The number of benzene rings is 1. The summed E-state index contributed by atoms with van der Waals surface area (Å²) in [5.74, 6) is 0. The topological polar surface area (TPSA) is 75.7 Å². The summed E-state index contributed by atoms with van der Waals surface area (Å²) in [4.78, 5) is 10.1. The fourth-order valence-corrected chi connectivity index (χ4v) is 1.37. The smallest absolute Gasteiger partial charge is 0.274 e. The van der Waals surface area contributed by atoms with E-state index >= 15 is 0 Å². The van der Waals surface area contributed by atoms with Crippen molar-refractivity contribution in [2.75, 3.05) is 0 Å². The summed E-state index contributed by atoms with van der Waals surface area (Å²) < 4.78 is 0.647. The molecule has 1 aromatic carbocycles. The molecule has 1 aromatic rings. The molecule has 0 saturated heterocycles. The molecular formula is C8H7BrN2O3. The Bertz CT molecular complexity index is 379. The van der Waals surface area contributed by atoms with Gasteiger partial charge in [0, 0.05) is 28.7 Å². The molecule has 0 spiro atoms. The second kappa shape index (κ2) is 4.71. The molecule has 1 N–H and O–H groups in total. The fraction of sp³-hybridized carbons (Fsp3) is 0.125. The van der Waals surface area contributed by atoms with E-state index in [2.05, 4.69) is 21.1 Å². The van der Waals surface area contributed by atoms with Gasteiger partial charge in [-0.15, -0.1) is 5.16 Å². The van der Waals surface area contributed by atoms with Crippen molar-refractivity contribution in [1.29, 1.82) is 0 Å². The molecule has 74 valence electrons. The number of nitrogens with zero attached hydrogens (tertiary/aromatic N) is 2. The van der Waals surface area contributed by atoms with Crippen LogP contribution < -0.4 is 0 Å². The van der Waals surface area contributed by atoms with Gasteiger partial charge in [0.1, 0.15) is 0 Å². The van der Waals surface area contributed by atoms with Crippen molar-refractivity contribution in [3.8, 4) is 0 Å². The highest BCUT2D eigenvalue weighted by Gasteiger charge is 2.12. The molecule has 1 rings (SSSR count). The van der Waals surface area contributed by atoms with Gasteiger partial charge in [-0.2, -0.15) is 0 Å². The van der Waals surface area contributed by atoms with Crippen LogP contribution in [0.25, 0.3) is 0 Å². The van der Waals surface area contributed by atoms with Crippen molar-refractivity contribution in [2.45, 2.75) is 6.42 Å². The van der Waals surface area contributed by atoms with Gasteiger partial charge in [0.15, 0.2) is 0 Å². The second-order valence-electron chi connectivity index (χ2n) is 2.53. The van der Waals surface area contributed by atoms with Gasteiger partial charge in [-0.05, 0) is 6.07 Å². The van der Waals surface area contributed by atoms with E-state index in [0.29, 0.717) is 10.0 Å². The minimum absolute atomic E-state index is 0.0132. The van der Waals surface area contributed by atoms with Crippen molar-refractivity contribution in [1.82, 2.24) is 0 Å². The lowest BCUT2D eigenvalue weighted by atomic mass is 10.1. The summed E-state index contributed by atoms with van der Waals surface area (Å²) in [6.07, 6.45) is 1.44. The predicted molar refractivity (Wildman–Crippen MR) is 54.8 cm³/mol. The van der Waals surface area contributed by atoms with Gasteiger partial charge < -0.3 is 5.21 Å². The van der Waals surface area contributed by atoms with Crippen LogP contribution in [0.15, 0.2) is 27.8 Å². The van der Waals surface area contributed by atoms with Crippen LogP contribution in [-0.2, 0) is 6.42 Å². The van der Waals surface area contributed by atoms with Crippen LogP contribution in [0.4, 0.5) is 5.69 Å². The van der Waals surface area contributed by atoms with Gasteiger partial charge in [0.05, 0.1) is 4.92 Å². The molecule has 0 heterocycles. The van der Waals surface area contributed by atoms with Crippen LogP contribution in [0.2, 0.25) is 0 Å². The van der Waals surface area contributed by atoms with Crippen molar-refractivity contribution >= 4 is 27.8 Å². The number of rotatable bonds is 3. The van der Waals surface area contributed by atoms with E-state index < -0.39 is 4.92 Å². The number of nitro benzene ring substituents is 1. The highest BCUT2D eigenvalue weighted by atomic mass is 79.9. The Morgan fingerprint density at radius 1 is 1.64 bits per heavy atom. The SMILES string of the molecule is O=[N+]([O-])c1cc(Br)ccc1CC=NO. The number of halogens is 1. The standard InChI is InChI=1S/C8H7BrN2O3/c9-7-2-1-6(3-4-10-12)8(5-7)11(13)14/h1-2,4-5,12H,3H2. The van der Waals surface area contributed by atoms with Crippen LogP contribution in [0, 0.1) is 10.1 Å². The van der Waals surface area contributed by atoms with Crippen LogP contribution in [0.3, 0.4) is 0 Å². The number of oxime groups is 1. The highest BCUT2D eigenvalue weighted by Crippen LogP contribution is 2.23. The number of hydrogen-bond acceptors (Lipinski definition) is 4. The summed E-state index contributed by atoms with van der Waals surface area (Å²) in [5, 5.41) is 21.6. The molecule has 0 atom stereocenters. The fourth-order valence-electron chi connectivity index (χ4n) is 1.02. The summed E-state index contributed by atoms with van der Waals surface area (Å²) in [6, 6.07) is 4.73. The molecule has 0 aromatic heterocycles. The first-order valence-corrected chi connectivity index (χ1v) is 4.53. The summed E-state index contributed by atoms with van der Waals surface area (Å²) in [7, 11) is 0. The normalized spacial score (nSPS) is 10.6. The third-order valence-electron chi connectivity index (χ3n) is 1.64. The molecular weight excluding hydrogens is 252 g/mol. The number of nitro groups is 1. The average molecular weight is 259 g/mol. The van der Waals surface area contributed by atoms with E-state index in [1.165, 1.54) is 12.3 Å². The monoisotopic (exact) mass is 258 g/mol. The summed E-state index contributed by atoms with van der Waals surface area (Å²) in [6.45, 7) is 0. The Balaban J connectivity index is 3.08. The Morgan fingerprint density at radius 2 is 2.36 bits per heavy atom. The third-order valence-corrected chi connectivity index (χ3v) is 2.13. The molecule has 0 radical (unpaired) electrons. The lowest BCUT2D eigenvalue weighted by Crippen LogP contribution is -1.96. The maximum Gasteiger partial charge on any atom is 0.274 e. The molecule has 0 amide bonds. The highest BCUT2D eigenvalue weighted by molar-refractivity contribution is 9.10. The zero-order valence-corrected chi connectivity index (χ0v) is 8.64. The summed E-state index contributed by atoms with van der Waals surface area (Å²) in [5.41, 5.74) is 0.523. The van der Waals surface area contributed by atoms with E-state index in [-0.39, 0.29) is 12.1 Å². The van der Waals surface area contributed by atoms with E-state index in [1.54, 1.807) is 12.1 Å². The van der Waals surface area contributed by atoms with Gasteiger partial charge in [0.25, 0.3) is 5.69 Å². The zero-order chi connectivity index (χ0) is 10.6. The van der Waals surface area contributed by atoms with Crippen LogP contribution in [0.1, 0.15) is 5.56 Å². The quantitative estimate of drug-likeness (QED) is 0.392. The summed E-state index contributed by atoms with van der Waals surface area (Å²) >= 11 is 3.15. The zero-order valence-electron chi connectivity index (χ0n) is 7.05. The number of hydrogen-bond donors (Lipinski definition) is 1. The average Bonchev–Trinajstić information content (AvgIpc) is 2.15. The molecule has 14 heavy (non-hydrogen) atoms. The van der Waals surface area contributed by atoms with Crippen LogP contribution >= 0.6 is 15.9 Å². The maximum atomic E-state index is 10.6. The minimum Gasteiger partial charge on any atom is -0.411 e. The van der Waals surface area contributed by atoms with E-state index in [1.807, 2.05) is 0 Å². The van der Waals surface area contributed by atoms with E-state index in [9.17, 15) is 10.1 Å². The molecule has 0 unspecified atom stereocenters. The van der Waals surface area contributed by atoms with Crippen molar-refractivity contribution in [2.24, 2.45) is 5.16 Å². The van der Waals surface area contributed by atoms with Crippen molar-refractivity contribution in [3.05, 3.63) is 38.3 Å². The van der Waals surface area contributed by atoms with Gasteiger partial charge in [-0.3, -0.25) is 10.1 Å². The Kier molecular flexibility index (Phi) is 3.58. The lowest BCUT2D eigenvalue weighted by molar-refractivity contribution is -0.385. The first-order chi connectivity index (χ1) is 6.65. The molecule has 0 aliphatic heterocycles. The van der Waals surface area contributed by atoms with Crippen molar-refractivity contribution < 1.29 is 10.1 Å². The molecule has 6 heteroatoms.